The average Bonchev–Trinajstić information content (AvgIpc) is 2.53. The van der Waals surface area contributed by atoms with Crippen LogP contribution in [0, 0.1) is 0 Å². The third-order valence-corrected chi connectivity index (χ3v) is 3.13. The summed E-state index contributed by atoms with van der Waals surface area (Å²) in [5, 5.41) is 8.50. The maximum atomic E-state index is 11.9. The van der Waals surface area contributed by atoms with Gasteiger partial charge in [-0.2, -0.15) is 0 Å². The Hall–Kier alpha value is -1.63. The lowest BCUT2D eigenvalue weighted by molar-refractivity contribution is -0.134. The van der Waals surface area contributed by atoms with E-state index >= 15 is 0 Å². The summed E-state index contributed by atoms with van der Waals surface area (Å²) in [6.07, 6.45) is -0.422. The lowest BCUT2D eigenvalue weighted by atomic mass is 10.1. The van der Waals surface area contributed by atoms with Gasteiger partial charge in [0.05, 0.1) is 6.61 Å². The van der Waals surface area contributed by atoms with Crippen LogP contribution in [0.15, 0.2) is 24.3 Å². The summed E-state index contributed by atoms with van der Waals surface area (Å²) in [7, 11) is 1.59. The van der Waals surface area contributed by atoms with E-state index in [4.69, 9.17) is 4.74 Å². The molecule has 3 N–H and O–H groups in total. The van der Waals surface area contributed by atoms with Crippen LogP contribution in [0.25, 0.3) is 0 Å². The Morgan fingerprint density at radius 2 is 2.05 bits per heavy atom. The fraction of sp³-hybridized carbons (Fsp3) is 0.429. The van der Waals surface area contributed by atoms with Crippen molar-refractivity contribution in [3.05, 3.63) is 35.4 Å². The molecule has 116 valence electrons. The standard InChI is InChI=1S/C14H19N3O3.ClH/c1-15-13(18)11-4-2-10(3-5-11)8-17-14(19)12-9-16-6-7-20-12;/h2-5,12,16H,6-9H2,1H3,(H,15,18)(H,17,19);1H. The summed E-state index contributed by atoms with van der Waals surface area (Å²) in [6.45, 7) is 2.30. The van der Waals surface area contributed by atoms with E-state index in [-0.39, 0.29) is 24.2 Å². The first kappa shape index (κ1) is 17.4. The van der Waals surface area contributed by atoms with Crippen LogP contribution in [0.3, 0.4) is 0 Å². The van der Waals surface area contributed by atoms with Gasteiger partial charge in [0.25, 0.3) is 11.8 Å². The van der Waals surface area contributed by atoms with Crippen molar-refractivity contribution in [1.82, 2.24) is 16.0 Å². The minimum atomic E-state index is -0.422. The molecule has 21 heavy (non-hydrogen) atoms. The number of amides is 2. The normalized spacial score (nSPS) is 17.5. The first-order valence-electron chi connectivity index (χ1n) is 6.62. The molecule has 1 aliphatic rings. The second kappa shape index (κ2) is 8.61. The zero-order valence-electron chi connectivity index (χ0n) is 11.8. The van der Waals surface area contributed by atoms with E-state index in [1.54, 1.807) is 19.2 Å². The van der Waals surface area contributed by atoms with E-state index in [0.29, 0.717) is 25.3 Å². The second-order valence-electron chi connectivity index (χ2n) is 4.56. The highest BCUT2D eigenvalue weighted by Gasteiger charge is 2.21. The Morgan fingerprint density at radius 3 is 2.62 bits per heavy atom. The summed E-state index contributed by atoms with van der Waals surface area (Å²) in [5.74, 6) is -0.241. The molecule has 7 heteroatoms. The predicted octanol–water partition coefficient (Wildman–Crippen LogP) is 0.0726. The first-order chi connectivity index (χ1) is 9.70. The summed E-state index contributed by atoms with van der Waals surface area (Å²) >= 11 is 0. The molecule has 1 unspecified atom stereocenters. The summed E-state index contributed by atoms with van der Waals surface area (Å²) in [6, 6.07) is 7.12. The zero-order valence-corrected chi connectivity index (χ0v) is 12.7. The smallest absolute Gasteiger partial charge is 0.251 e. The fourth-order valence-electron chi connectivity index (χ4n) is 1.96. The Labute approximate surface area is 130 Å². The molecule has 1 fully saturated rings. The van der Waals surface area contributed by atoms with Crippen molar-refractivity contribution in [3.8, 4) is 0 Å². The molecule has 1 atom stereocenters. The maximum absolute atomic E-state index is 11.9. The number of morpholine rings is 1. The monoisotopic (exact) mass is 313 g/mol. The van der Waals surface area contributed by atoms with Gasteiger partial charge in [0.1, 0.15) is 6.10 Å². The minimum Gasteiger partial charge on any atom is -0.366 e. The van der Waals surface area contributed by atoms with E-state index in [0.717, 1.165) is 12.1 Å². The molecule has 1 aromatic carbocycles. The first-order valence-corrected chi connectivity index (χ1v) is 6.62. The van der Waals surface area contributed by atoms with Crippen molar-refractivity contribution in [2.75, 3.05) is 26.7 Å². The lowest BCUT2D eigenvalue weighted by Gasteiger charge is -2.22. The van der Waals surface area contributed by atoms with E-state index in [1.807, 2.05) is 12.1 Å². The molecule has 0 aliphatic carbocycles. The number of carbonyl (C=O) groups excluding carboxylic acids is 2. The Morgan fingerprint density at radius 1 is 1.33 bits per heavy atom. The van der Waals surface area contributed by atoms with Gasteiger partial charge >= 0.3 is 0 Å². The molecule has 1 heterocycles. The number of ether oxygens (including phenoxy) is 1. The van der Waals surface area contributed by atoms with Gasteiger partial charge in [0.2, 0.25) is 0 Å². The molecule has 2 amide bonds. The van der Waals surface area contributed by atoms with Crippen molar-refractivity contribution in [2.45, 2.75) is 12.6 Å². The number of hydrogen-bond acceptors (Lipinski definition) is 4. The van der Waals surface area contributed by atoms with Gasteiger partial charge in [-0.1, -0.05) is 12.1 Å². The SMILES string of the molecule is CNC(=O)c1ccc(CNC(=O)C2CNCCO2)cc1.Cl. The Kier molecular flexibility index (Phi) is 7.14. The highest BCUT2D eigenvalue weighted by molar-refractivity contribution is 5.93. The maximum Gasteiger partial charge on any atom is 0.251 e. The molecule has 1 aromatic rings. The number of rotatable bonds is 4. The van der Waals surface area contributed by atoms with E-state index in [2.05, 4.69) is 16.0 Å². The Bertz CT molecular complexity index is 473. The highest BCUT2D eigenvalue weighted by Crippen LogP contribution is 2.05. The average molecular weight is 314 g/mol. The van der Waals surface area contributed by atoms with Crippen molar-refractivity contribution >= 4 is 24.2 Å². The lowest BCUT2D eigenvalue weighted by Crippen LogP contribution is -2.47. The van der Waals surface area contributed by atoms with Crippen LogP contribution >= 0.6 is 12.4 Å². The van der Waals surface area contributed by atoms with Crippen molar-refractivity contribution in [3.63, 3.8) is 0 Å². The molecule has 0 bridgehead atoms. The quantitative estimate of drug-likeness (QED) is 0.735. The molecule has 0 saturated carbocycles. The van der Waals surface area contributed by atoms with E-state index < -0.39 is 6.10 Å². The molecule has 0 radical (unpaired) electrons. The van der Waals surface area contributed by atoms with Gasteiger partial charge in [-0.05, 0) is 17.7 Å². The number of carbonyl (C=O) groups is 2. The predicted molar refractivity (Wildman–Crippen MR) is 81.5 cm³/mol. The zero-order chi connectivity index (χ0) is 14.4. The van der Waals surface area contributed by atoms with E-state index in [1.165, 1.54) is 0 Å². The van der Waals surface area contributed by atoms with Gasteiger partial charge in [0, 0.05) is 32.2 Å². The van der Waals surface area contributed by atoms with Crippen LogP contribution in [0.5, 0.6) is 0 Å². The number of nitrogens with one attached hydrogen (secondary N) is 3. The topological polar surface area (TPSA) is 79.5 Å². The van der Waals surface area contributed by atoms with Gasteiger partial charge in [0.15, 0.2) is 0 Å². The highest BCUT2D eigenvalue weighted by atomic mass is 35.5. The van der Waals surface area contributed by atoms with Crippen molar-refractivity contribution in [2.24, 2.45) is 0 Å². The van der Waals surface area contributed by atoms with Crippen LogP contribution in [-0.2, 0) is 16.1 Å². The van der Waals surface area contributed by atoms with Crippen molar-refractivity contribution in [1.29, 1.82) is 0 Å². The van der Waals surface area contributed by atoms with E-state index in [9.17, 15) is 9.59 Å². The summed E-state index contributed by atoms with van der Waals surface area (Å²) in [4.78, 5) is 23.2. The second-order valence-corrected chi connectivity index (χ2v) is 4.56. The van der Waals surface area contributed by atoms with Gasteiger partial charge in [-0.3, -0.25) is 9.59 Å². The third-order valence-electron chi connectivity index (χ3n) is 3.13. The fourth-order valence-corrected chi connectivity index (χ4v) is 1.96. The Balaban J connectivity index is 0.00000220. The molecule has 2 rings (SSSR count). The third kappa shape index (κ3) is 5.00. The molecule has 1 aliphatic heterocycles. The van der Waals surface area contributed by atoms with Crippen LogP contribution in [0.1, 0.15) is 15.9 Å². The molecule has 6 nitrogen and oxygen atoms in total. The van der Waals surface area contributed by atoms with Gasteiger partial charge in [-0.25, -0.2) is 0 Å². The van der Waals surface area contributed by atoms with Crippen molar-refractivity contribution < 1.29 is 14.3 Å². The summed E-state index contributed by atoms with van der Waals surface area (Å²) < 4.78 is 5.37. The van der Waals surface area contributed by atoms with Gasteiger partial charge in [-0.15, -0.1) is 12.4 Å². The summed E-state index contributed by atoms with van der Waals surface area (Å²) in [5.41, 5.74) is 1.54. The van der Waals surface area contributed by atoms with Crippen LogP contribution in [-0.4, -0.2) is 44.7 Å². The minimum absolute atomic E-state index is 0. The molecular weight excluding hydrogens is 294 g/mol. The number of benzene rings is 1. The molecule has 1 saturated heterocycles. The molecule has 0 aromatic heterocycles. The largest absolute Gasteiger partial charge is 0.366 e. The molecule has 0 spiro atoms. The van der Waals surface area contributed by atoms with Crippen LogP contribution in [0.4, 0.5) is 0 Å². The number of hydrogen-bond donors (Lipinski definition) is 3. The van der Waals surface area contributed by atoms with Gasteiger partial charge < -0.3 is 20.7 Å². The van der Waals surface area contributed by atoms with Crippen LogP contribution in [0.2, 0.25) is 0 Å². The number of halogens is 1. The molecular formula is C14H20ClN3O3. The van der Waals surface area contributed by atoms with Crippen LogP contribution < -0.4 is 16.0 Å².